The van der Waals surface area contributed by atoms with Crippen molar-refractivity contribution in [3.05, 3.63) is 33.3 Å². The molecule has 1 aromatic rings. The van der Waals surface area contributed by atoms with Crippen molar-refractivity contribution in [3.8, 4) is 0 Å². The lowest BCUT2D eigenvalue weighted by molar-refractivity contribution is -0.156. The second kappa shape index (κ2) is 5.40. The fourth-order valence-corrected chi connectivity index (χ4v) is 2.21. The molecule has 0 amide bonds. The summed E-state index contributed by atoms with van der Waals surface area (Å²) in [5.74, 6) is -0.628. The number of ether oxygens (including phenoxy) is 1. The van der Waals surface area contributed by atoms with Crippen molar-refractivity contribution in [3.63, 3.8) is 0 Å². The van der Waals surface area contributed by atoms with Crippen LogP contribution in [-0.2, 0) is 9.53 Å². The van der Waals surface area contributed by atoms with Crippen LogP contribution in [0.5, 0.6) is 0 Å². The number of rotatable bonds is 2. The molecule has 0 N–H and O–H groups in total. The number of carbonyl (C=O) groups excluding carboxylic acids is 1. The van der Waals surface area contributed by atoms with Gasteiger partial charge >= 0.3 is 5.97 Å². The summed E-state index contributed by atoms with van der Waals surface area (Å²) in [5, 5.41) is 0.567. The lowest BCUT2D eigenvalue weighted by atomic mass is 10.0. The Bertz CT molecular complexity index is 424. The van der Waals surface area contributed by atoms with E-state index in [1.807, 2.05) is 32.9 Å². The third-order valence-electron chi connectivity index (χ3n) is 2.19. The molecule has 2 nitrogen and oxygen atoms in total. The number of esters is 1. The normalized spacial score (nSPS) is 13.3. The first-order valence-electron chi connectivity index (χ1n) is 5.38. The lowest BCUT2D eigenvalue weighted by Gasteiger charge is -2.22. The highest BCUT2D eigenvalue weighted by molar-refractivity contribution is 9.10. The summed E-state index contributed by atoms with van der Waals surface area (Å²) in [7, 11) is 0. The molecule has 0 bridgehead atoms. The van der Waals surface area contributed by atoms with Gasteiger partial charge < -0.3 is 4.74 Å². The zero-order valence-electron chi connectivity index (χ0n) is 10.4. The first kappa shape index (κ1) is 14.5. The molecule has 17 heavy (non-hydrogen) atoms. The zero-order valence-corrected chi connectivity index (χ0v) is 12.7. The fraction of sp³-hybridized carbons (Fsp3) is 0.462. The van der Waals surface area contributed by atoms with Gasteiger partial charge in [-0.15, -0.1) is 0 Å². The molecule has 1 atom stereocenters. The van der Waals surface area contributed by atoms with Crippen LogP contribution in [0, 0.1) is 0 Å². The first-order valence-corrected chi connectivity index (χ1v) is 6.55. The Hall–Kier alpha value is -0.540. The lowest BCUT2D eigenvalue weighted by Crippen LogP contribution is -2.26. The van der Waals surface area contributed by atoms with E-state index in [-0.39, 0.29) is 11.9 Å². The van der Waals surface area contributed by atoms with Gasteiger partial charge in [-0.05, 0) is 45.4 Å². The average molecular weight is 320 g/mol. The topological polar surface area (TPSA) is 26.3 Å². The second-order valence-corrected chi connectivity index (χ2v) is 6.24. The Morgan fingerprint density at radius 3 is 2.47 bits per heavy atom. The Morgan fingerprint density at radius 1 is 1.41 bits per heavy atom. The second-order valence-electron chi connectivity index (χ2n) is 4.92. The zero-order chi connectivity index (χ0) is 13.2. The van der Waals surface area contributed by atoms with Crippen molar-refractivity contribution < 1.29 is 9.53 Å². The molecular weight excluding hydrogens is 303 g/mol. The largest absolute Gasteiger partial charge is 0.460 e. The third kappa shape index (κ3) is 4.32. The minimum absolute atomic E-state index is 0.262. The molecule has 0 aromatic heterocycles. The van der Waals surface area contributed by atoms with Gasteiger partial charge in [0.05, 0.1) is 5.92 Å². The highest BCUT2D eigenvalue weighted by atomic mass is 79.9. The van der Waals surface area contributed by atoms with Gasteiger partial charge in [0.25, 0.3) is 0 Å². The van der Waals surface area contributed by atoms with Gasteiger partial charge in [0, 0.05) is 9.50 Å². The average Bonchev–Trinajstić information content (AvgIpc) is 2.14. The van der Waals surface area contributed by atoms with E-state index in [9.17, 15) is 4.79 Å². The van der Waals surface area contributed by atoms with Crippen molar-refractivity contribution in [1.82, 2.24) is 0 Å². The van der Waals surface area contributed by atoms with Crippen molar-refractivity contribution >= 4 is 33.5 Å². The first-order chi connectivity index (χ1) is 7.70. The van der Waals surface area contributed by atoms with E-state index in [1.165, 1.54) is 0 Å². The third-order valence-corrected chi connectivity index (χ3v) is 3.01. The van der Waals surface area contributed by atoms with Crippen LogP contribution in [0.15, 0.2) is 22.7 Å². The van der Waals surface area contributed by atoms with E-state index in [0.717, 1.165) is 10.0 Å². The molecule has 0 saturated heterocycles. The molecule has 0 radical (unpaired) electrons. The molecule has 0 unspecified atom stereocenters. The Morgan fingerprint density at radius 2 is 2.00 bits per heavy atom. The summed E-state index contributed by atoms with van der Waals surface area (Å²) in [5.41, 5.74) is 0.303. The van der Waals surface area contributed by atoms with E-state index < -0.39 is 5.60 Å². The van der Waals surface area contributed by atoms with E-state index in [2.05, 4.69) is 15.9 Å². The summed E-state index contributed by atoms with van der Waals surface area (Å²) < 4.78 is 6.22. The van der Waals surface area contributed by atoms with E-state index in [0.29, 0.717) is 5.02 Å². The maximum Gasteiger partial charge on any atom is 0.313 e. The number of benzene rings is 1. The van der Waals surface area contributed by atoms with E-state index >= 15 is 0 Å². The Labute approximate surface area is 115 Å². The molecule has 0 aliphatic carbocycles. The van der Waals surface area contributed by atoms with Crippen LogP contribution in [0.1, 0.15) is 39.2 Å². The van der Waals surface area contributed by atoms with Crippen LogP contribution < -0.4 is 0 Å². The minimum Gasteiger partial charge on any atom is -0.460 e. The van der Waals surface area contributed by atoms with Gasteiger partial charge in [0.15, 0.2) is 0 Å². The highest BCUT2D eigenvalue weighted by Crippen LogP contribution is 2.29. The quantitative estimate of drug-likeness (QED) is 0.748. The Kier molecular flexibility index (Phi) is 4.62. The van der Waals surface area contributed by atoms with Gasteiger partial charge in [-0.3, -0.25) is 4.79 Å². The van der Waals surface area contributed by atoms with E-state index in [1.54, 1.807) is 13.0 Å². The predicted molar refractivity (Wildman–Crippen MR) is 73.4 cm³/mol. The molecule has 0 heterocycles. The molecule has 0 aliphatic rings. The molecule has 1 rings (SSSR count). The molecule has 0 aliphatic heterocycles. The van der Waals surface area contributed by atoms with Crippen LogP contribution in [0.25, 0.3) is 0 Å². The summed E-state index contributed by atoms with van der Waals surface area (Å²) in [6.07, 6.45) is 0. The maximum absolute atomic E-state index is 11.9. The van der Waals surface area contributed by atoms with Gasteiger partial charge in [0.1, 0.15) is 5.60 Å². The van der Waals surface area contributed by atoms with E-state index in [4.69, 9.17) is 16.3 Å². The molecular formula is C13H16BrClO2. The molecule has 1 aromatic carbocycles. The van der Waals surface area contributed by atoms with Gasteiger partial charge in [0.2, 0.25) is 0 Å². The van der Waals surface area contributed by atoms with Crippen molar-refractivity contribution in [2.45, 2.75) is 39.2 Å². The van der Waals surface area contributed by atoms with Crippen LogP contribution in [0.3, 0.4) is 0 Å². The molecule has 94 valence electrons. The molecule has 0 spiro atoms. The summed E-state index contributed by atoms with van der Waals surface area (Å²) >= 11 is 9.43. The fourth-order valence-electron chi connectivity index (χ4n) is 1.37. The Balaban J connectivity index is 2.89. The number of carbonyl (C=O) groups is 1. The minimum atomic E-state index is -0.479. The van der Waals surface area contributed by atoms with Gasteiger partial charge in [-0.25, -0.2) is 0 Å². The summed E-state index contributed by atoms with van der Waals surface area (Å²) in [6, 6.07) is 5.47. The van der Waals surface area contributed by atoms with Gasteiger partial charge in [-0.2, -0.15) is 0 Å². The monoisotopic (exact) mass is 318 g/mol. The van der Waals surface area contributed by atoms with Crippen LogP contribution in [0.2, 0.25) is 5.02 Å². The van der Waals surface area contributed by atoms with Crippen LogP contribution in [-0.4, -0.2) is 11.6 Å². The van der Waals surface area contributed by atoms with Crippen molar-refractivity contribution in [2.75, 3.05) is 0 Å². The van der Waals surface area contributed by atoms with Crippen molar-refractivity contribution in [1.29, 1.82) is 0 Å². The number of hydrogen-bond acceptors (Lipinski definition) is 2. The van der Waals surface area contributed by atoms with Gasteiger partial charge in [-0.1, -0.05) is 33.6 Å². The molecule has 0 saturated carbocycles. The van der Waals surface area contributed by atoms with Crippen LogP contribution in [0.4, 0.5) is 0 Å². The predicted octanol–water partition coefficient (Wildman–Crippen LogP) is 4.55. The molecule has 4 heteroatoms. The van der Waals surface area contributed by atoms with Crippen molar-refractivity contribution in [2.24, 2.45) is 0 Å². The highest BCUT2D eigenvalue weighted by Gasteiger charge is 2.24. The standard InChI is InChI=1S/C13H16BrClO2/c1-8(12(16)17-13(2,3)4)10-6-5-9(14)7-11(10)15/h5-8H,1-4H3/t8-/m1/s1. The number of hydrogen-bond donors (Lipinski definition) is 0. The summed E-state index contributed by atoms with van der Waals surface area (Å²) in [6.45, 7) is 7.34. The van der Waals surface area contributed by atoms with Crippen LogP contribution >= 0.6 is 27.5 Å². The maximum atomic E-state index is 11.9. The molecule has 0 fully saturated rings. The SMILES string of the molecule is C[C@@H](C(=O)OC(C)(C)C)c1ccc(Br)cc1Cl. The smallest absolute Gasteiger partial charge is 0.313 e. The summed E-state index contributed by atoms with van der Waals surface area (Å²) in [4.78, 5) is 11.9. The number of halogens is 2.